The Hall–Kier alpha value is -1.81. The van der Waals surface area contributed by atoms with Crippen LogP contribution in [0.4, 0.5) is 5.69 Å². The average Bonchev–Trinajstić information content (AvgIpc) is 2.47. The number of carbonyl (C=O) groups is 1. The third-order valence-electron chi connectivity index (χ3n) is 3.01. The Morgan fingerprint density at radius 3 is 2.75 bits per heavy atom. The quantitative estimate of drug-likeness (QED) is 0.853. The van der Waals surface area contributed by atoms with Crippen molar-refractivity contribution < 1.29 is 9.53 Å². The largest absolute Gasteiger partial charge is 0.496 e. The van der Waals surface area contributed by atoms with E-state index in [1.165, 1.54) is 0 Å². The molecule has 0 saturated heterocycles. The average molecular weight is 334 g/mol. The van der Waals surface area contributed by atoms with E-state index in [4.69, 9.17) is 4.74 Å². The SMILES string of the molecule is COc1cc(C(=O)Nc2cccc(CBr)c2)ccc1C. The molecule has 0 aliphatic heterocycles. The van der Waals surface area contributed by atoms with Crippen LogP contribution in [-0.2, 0) is 5.33 Å². The molecule has 0 radical (unpaired) electrons. The first-order chi connectivity index (χ1) is 9.63. The number of anilines is 1. The molecule has 20 heavy (non-hydrogen) atoms. The summed E-state index contributed by atoms with van der Waals surface area (Å²) in [6.07, 6.45) is 0. The second kappa shape index (κ2) is 6.57. The fraction of sp³-hybridized carbons (Fsp3) is 0.188. The van der Waals surface area contributed by atoms with Crippen molar-refractivity contribution in [3.05, 3.63) is 59.2 Å². The Kier molecular flexibility index (Phi) is 4.79. The molecule has 2 rings (SSSR count). The number of ether oxygens (including phenoxy) is 1. The highest BCUT2D eigenvalue weighted by molar-refractivity contribution is 9.08. The van der Waals surface area contributed by atoms with Crippen molar-refractivity contribution in [2.75, 3.05) is 12.4 Å². The van der Waals surface area contributed by atoms with Crippen molar-refractivity contribution >= 4 is 27.5 Å². The van der Waals surface area contributed by atoms with E-state index < -0.39 is 0 Å². The van der Waals surface area contributed by atoms with Crippen LogP contribution in [-0.4, -0.2) is 13.0 Å². The van der Waals surface area contributed by atoms with Crippen molar-refractivity contribution in [3.8, 4) is 5.75 Å². The number of methoxy groups -OCH3 is 1. The summed E-state index contributed by atoms with van der Waals surface area (Å²) in [6.45, 7) is 1.94. The molecule has 0 aromatic heterocycles. The predicted octanol–water partition coefficient (Wildman–Crippen LogP) is 4.15. The Labute approximate surface area is 127 Å². The summed E-state index contributed by atoms with van der Waals surface area (Å²) >= 11 is 3.40. The molecule has 0 bridgehead atoms. The molecule has 0 heterocycles. The van der Waals surface area contributed by atoms with E-state index in [9.17, 15) is 4.79 Å². The third kappa shape index (κ3) is 3.39. The minimum Gasteiger partial charge on any atom is -0.496 e. The van der Waals surface area contributed by atoms with Crippen LogP contribution < -0.4 is 10.1 Å². The number of benzene rings is 2. The van der Waals surface area contributed by atoms with Crippen LogP contribution in [0.25, 0.3) is 0 Å². The minimum absolute atomic E-state index is 0.143. The van der Waals surface area contributed by atoms with Crippen LogP contribution >= 0.6 is 15.9 Å². The van der Waals surface area contributed by atoms with E-state index in [1.54, 1.807) is 19.2 Å². The molecular weight excluding hydrogens is 318 g/mol. The highest BCUT2D eigenvalue weighted by atomic mass is 79.9. The van der Waals surface area contributed by atoms with Gasteiger partial charge in [0.2, 0.25) is 0 Å². The molecule has 104 valence electrons. The van der Waals surface area contributed by atoms with Crippen molar-refractivity contribution in [1.82, 2.24) is 0 Å². The number of nitrogens with one attached hydrogen (secondary N) is 1. The Morgan fingerprint density at radius 1 is 1.25 bits per heavy atom. The van der Waals surface area contributed by atoms with Crippen LogP contribution in [0.5, 0.6) is 5.75 Å². The van der Waals surface area contributed by atoms with Gasteiger partial charge in [-0.05, 0) is 42.3 Å². The minimum atomic E-state index is -0.143. The lowest BCUT2D eigenvalue weighted by atomic mass is 10.1. The topological polar surface area (TPSA) is 38.3 Å². The monoisotopic (exact) mass is 333 g/mol. The van der Waals surface area contributed by atoms with Gasteiger partial charge in [-0.2, -0.15) is 0 Å². The molecule has 2 aromatic rings. The van der Waals surface area contributed by atoms with E-state index in [0.717, 1.165) is 22.1 Å². The van der Waals surface area contributed by atoms with Gasteiger partial charge in [-0.15, -0.1) is 0 Å². The van der Waals surface area contributed by atoms with E-state index >= 15 is 0 Å². The molecule has 0 spiro atoms. The molecule has 3 nitrogen and oxygen atoms in total. The molecule has 1 amide bonds. The molecule has 2 aromatic carbocycles. The highest BCUT2D eigenvalue weighted by Gasteiger charge is 2.09. The summed E-state index contributed by atoms with van der Waals surface area (Å²) in [7, 11) is 1.60. The zero-order valence-corrected chi connectivity index (χ0v) is 13.0. The number of halogens is 1. The zero-order chi connectivity index (χ0) is 14.5. The standard InChI is InChI=1S/C16H16BrNO2/c1-11-6-7-13(9-15(11)20-2)16(19)18-14-5-3-4-12(8-14)10-17/h3-9H,10H2,1-2H3,(H,18,19). The Bertz CT molecular complexity index is 626. The van der Waals surface area contributed by atoms with E-state index in [2.05, 4.69) is 21.2 Å². The summed E-state index contributed by atoms with van der Waals surface area (Å²) in [5.74, 6) is 0.571. The lowest BCUT2D eigenvalue weighted by Crippen LogP contribution is -2.12. The summed E-state index contributed by atoms with van der Waals surface area (Å²) < 4.78 is 5.24. The first kappa shape index (κ1) is 14.6. The number of aryl methyl sites for hydroxylation is 1. The van der Waals surface area contributed by atoms with Gasteiger partial charge in [0, 0.05) is 16.6 Å². The number of alkyl halides is 1. The first-order valence-corrected chi connectivity index (χ1v) is 7.37. The molecule has 0 aliphatic rings. The van der Waals surface area contributed by atoms with Gasteiger partial charge in [-0.25, -0.2) is 0 Å². The van der Waals surface area contributed by atoms with Gasteiger partial charge in [0.25, 0.3) is 5.91 Å². The van der Waals surface area contributed by atoms with Crippen molar-refractivity contribution in [2.24, 2.45) is 0 Å². The smallest absolute Gasteiger partial charge is 0.255 e. The number of amides is 1. The molecule has 0 fully saturated rings. The number of hydrogen-bond acceptors (Lipinski definition) is 2. The molecule has 4 heteroatoms. The Morgan fingerprint density at radius 2 is 2.05 bits per heavy atom. The molecule has 0 saturated carbocycles. The van der Waals surface area contributed by atoms with Gasteiger partial charge in [-0.1, -0.05) is 34.1 Å². The van der Waals surface area contributed by atoms with E-state index in [-0.39, 0.29) is 5.91 Å². The molecule has 1 N–H and O–H groups in total. The van der Waals surface area contributed by atoms with E-state index in [0.29, 0.717) is 11.3 Å². The van der Waals surface area contributed by atoms with Crippen molar-refractivity contribution in [2.45, 2.75) is 12.3 Å². The number of hydrogen-bond donors (Lipinski definition) is 1. The molecule has 0 atom stereocenters. The lowest BCUT2D eigenvalue weighted by molar-refractivity contribution is 0.102. The normalized spacial score (nSPS) is 10.2. The van der Waals surface area contributed by atoms with Gasteiger partial charge >= 0.3 is 0 Å². The van der Waals surface area contributed by atoms with Crippen LogP contribution in [0, 0.1) is 6.92 Å². The van der Waals surface area contributed by atoms with Crippen molar-refractivity contribution in [3.63, 3.8) is 0 Å². The predicted molar refractivity (Wildman–Crippen MR) is 84.8 cm³/mol. The van der Waals surface area contributed by atoms with Gasteiger partial charge in [-0.3, -0.25) is 4.79 Å². The highest BCUT2D eigenvalue weighted by Crippen LogP contribution is 2.20. The first-order valence-electron chi connectivity index (χ1n) is 6.25. The maximum atomic E-state index is 12.2. The summed E-state index contributed by atoms with van der Waals surface area (Å²) in [4.78, 5) is 12.2. The fourth-order valence-electron chi connectivity index (χ4n) is 1.90. The maximum Gasteiger partial charge on any atom is 0.255 e. The van der Waals surface area contributed by atoms with Crippen LogP contribution in [0.3, 0.4) is 0 Å². The third-order valence-corrected chi connectivity index (χ3v) is 3.66. The molecule has 0 aliphatic carbocycles. The van der Waals surface area contributed by atoms with Crippen LogP contribution in [0.1, 0.15) is 21.5 Å². The second-order valence-electron chi connectivity index (χ2n) is 4.47. The van der Waals surface area contributed by atoms with Crippen molar-refractivity contribution in [1.29, 1.82) is 0 Å². The van der Waals surface area contributed by atoms with Crippen LogP contribution in [0.15, 0.2) is 42.5 Å². The summed E-state index contributed by atoms with van der Waals surface area (Å²) in [5, 5.41) is 3.65. The number of rotatable bonds is 4. The summed E-state index contributed by atoms with van der Waals surface area (Å²) in [5.41, 5.74) is 3.48. The lowest BCUT2D eigenvalue weighted by Gasteiger charge is -2.09. The van der Waals surface area contributed by atoms with Gasteiger partial charge < -0.3 is 10.1 Å². The molecular formula is C16H16BrNO2. The van der Waals surface area contributed by atoms with Gasteiger partial charge in [0.05, 0.1) is 7.11 Å². The summed E-state index contributed by atoms with van der Waals surface area (Å²) in [6, 6.07) is 13.2. The maximum absolute atomic E-state index is 12.2. The second-order valence-corrected chi connectivity index (χ2v) is 5.03. The van der Waals surface area contributed by atoms with Crippen LogP contribution in [0.2, 0.25) is 0 Å². The molecule has 0 unspecified atom stereocenters. The number of carbonyl (C=O) groups excluding carboxylic acids is 1. The van der Waals surface area contributed by atoms with E-state index in [1.807, 2.05) is 37.3 Å². The van der Waals surface area contributed by atoms with Gasteiger partial charge in [0.15, 0.2) is 0 Å². The fourth-order valence-corrected chi connectivity index (χ4v) is 2.25. The van der Waals surface area contributed by atoms with Gasteiger partial charge in [0.1, 0.15) is 5.75 Å². The zero-order valence-electron chi connectivity index (χ0n) is 11.4. The Balaban J connectivity index is 2.19.